The molecule has 0 radical (unpaired) electrons. The number of rotatable bonds is 8. The molecule has 1 aliphatic rings. The lowest BCUT2D eigenvalue weighted by Crippen LogP contribution is -2.33. The van der Waals surface area contributed by atoms with Gasteiger partial charge in [-0.1, -0.05) is 0 Å². The summed E-state index contributed by atoms with van der Waals surface area (Å²) in [4.78, 5) is 60.4. The summed E-state index contributed by atoms with van der Waals surface area (Å²) in [5.41, 5.74) is -1.39. The normalized spacial score (nSPS) is 26.8. The summed E-state index contributed by atoms with van der Waals surface area (Å²) in [6, 6.07) is 0. The van der Waals surface area contributed by atoms with Crippen LogP contribution in [0.15, 0.2) is 15.8 Å². The van der Waals surface area contributed by atoms with Crippen LogP contribution in [-0.4, -0.2) is 48.0 Å². The number of H-pyrrole nitrogens is 1. The van der Waals surface area contributed by atoms with Crippen LogP contribution in [-0.2, 0) is 31.6 Å². The maximum Gasteiger partial charge on any atom is 0.490 e. The molecule has 1 aromatic heterocycles. The molecular weight excluding hydrogens is 468 g/mol. The highest BCUT2D eigenvalue weighted by molar-refractivity contribution is 7.66. The van der Waals surface area contributed by atoms with Gasteiger partial charge in [-0.15, -0.1) is 0 Å². The molecule has 1 aliphatic heterocycles. The number of aromatic amines is 1. The second kappa shape index (κ2) is 8.61. The molecule has 5 N–H and O–H groups in total. The van der Waals surface area contributed by atoms with Crippen LogP contribution in [0, 0.1) is 6.92 Å². The molecule has 2 rings (SSSR count). The number of nitrogens with one attached hydrogen (secondary N) is 1. The Balaban J connectivity index is 2.03. The third-order valence-corrected chi connectivity index (χ3v) is 7.24. The van der Waals surface area contributed by atoms with Crippen molar-refractivity contribution in [3.05, 3.63) is 32.6 Å². The van der Waals surface area contributed by atoms with E-state index in [0.29, 0.717) is 0 Å². The van der Waals surface area contributed by atoms with Crippen molar-refractivity contribution in [1.29, 1.82) is 0 Å². The van der Waals surface area contributed by atoms with Gasteiger partial charge in [0.15, 0.2) is 0 Å². The van der Waals surface area contributed by atoms with Crippen molar-refractivity contribution in [2.75, 3.05) is 6.61 Å². The maximum absolute atomic E-state index is 14.1. The quantitative estimate of drug-likeness (QED) is 0.302. The number of phosphoric acid groups is 3. The van der Waals surface area contributed by atoms with Crippen molar-refractivity contribution in [3.63, 3.8) is 0 Å². The number of alkyl halides is 1. The minimum absolute atomic E-state index is 0.139. The lowest BCUT2D eigenvalue weighted by Gasteiger charge is -2.19. The highest BCUT2D eigenvalue weighted by Gasteiger charge is 2.43. The largest absolute Gasteiger partial charge is 0.490 e. The molecule has 2 unspecified atom stereocenters. The van der Waals surface area contributed by atoms with Gasteiger partial charge in [-0.3, -0.25) is 18.9 Å². The van der Waals surface area contributed by atoms with Gasteiger partial charge in [-0.05, 0) is 6.92 Å². The summed E-state index contributed by atoms with van der Waals surface area (Å²) in [7, 11) is -16.7. The lowest BCUT2D eigenvalue weighted by molar-refractivity contribution is -0.0350. The third kappa shape index (κ3) is 7.02. The molecule has 166 valence electrons. The standard InChI is InChI=1S/C10H16FN2O13P3/c1-5-3-13(10(15)12-9(5)14)8-2-6(11)7(24-8)4-23-28(19,20)26-29(21,22)25-27(16,17)18/h3,6-8H,2,4H2,1H3,(H,19,20)(H,21,22)(H,12,14,15)(H2,16,17,18)/t6-,7-,8-/m0/s1. The Bertz CT molecular complexity index is 1020. The predicted molar refractivity (Wildman–Crippen MR) is 89.3 cm³/mol. The zero-order valence-corrected chi connectivity index (χ0v) is 17.0. The Hall–Kier alpha value is -1.02. The number of aromatic nitrogens is 2. The monoisotopic (exact) mass is 484 g/mol. The number of halogens is 1. The SMILES string of the molecule is Cc1cn([C@@H]2C[C@H](F)[C@H](COP(=O)(O)OP(=O)(O)OP(=O)(O)O)O2)c(=O)[nH]c1=O. The van der Waals surface area contributed by atoms with Crippen LogP contribution in [0.1, 0.15) is 18.2 Å². The summed E-state index contributed by atoms with van der Waals surface area (Å²) in [6.45, 7) is 0.391. The Kier molecular flexibility index (Phi) is 7.20. The van der Waals surface area contributed by atoms with E-state index >= 15 is 0 Å². The summed E-state index contributed by atoms with van der Waals surface area (Å²) in [6.07, 6.45) is -3.79. The third-order valence-electron chi connectivity index (χ3n) is 3.44. The van der Waals surface area contributed by atoms with Gasteiger partial charge < -0.3 is 24.3 Å². The van der Waals surface area contributed by atoms with Crippen molar-refractivity contribution < 1.29 is 55.5 Å². The summed E-state index contributed by atoms with van der Waals surface area (Å²) in [5.74, 6) is 0. The van der Waals surface area contributed by atoms with Crippen LogP contribution >= 0.6 is 23.5 Å². The Labute approximate surface area is 160 Å². The molecule has 29 heavy (non-hydrogen) atoms. The second-order valence-electron chi connectivity index (χ2n) is 5.75. The lowest BCUT2D eigenvalue weighted by atomic mass is 10.2. The highest BCUT2D eigenvalue weighted by Crippen LogP contribution is 2.66. The highest BCUT2D eigenvalue weighted by atomic mass is 31.3. The van der Waals surface area contributed by atoms with Gasteiger partial charge in [0.05, 0.1) is 6.61 Å². The molecule has 0 saturated carbocycles. The minimum Gasteiger partial charge on any atom is -0.349 e. The van der Waals surface area contributed by atoms with E-state index in [1.807, 2.05) is 4.98 Å². The van der Waals surface area contributed by atoms with E-state index in [1.165, 1.54) is 6.92 Å². The van der Waals surface area contributed by atoms with E-state index in [2.05, 4.69) is 13.1 Å². The number of nitrogens with zero attached hydrogens (tertiary/aromatic N) is 1. The van der Waals surface area contributed by atoms with Gasteiger partial charge in [0.1, 0.15) is 18.5 Å². The number of aryl methyl sites for hydroxylation is 1. The van der Waals surface area contributed by atoms with Crippen LogP contribution in [0.3, 0.4) is 0 Å². The van der Waals surface area contributed by atoms with Gasteiger partial charge in [0, 0.05) is 18.2 Å². The molecule has 5 atom stereocenters. The van der Waals surface area contributed by atoms with E-state index in [4.69, 9.17) is 19.4 Å². The zero-order chi connectivity index (χ0) is 22.2. The van der Waals surface area contributed by atoms with Crippen molar-refractivity contribution in [2.45, 2.75) is 31.8 Å². The van der Waals surface area contributed by atoms with E-state index in [1.54, 1.807) is 0 Å². The van der Waals surface area contributed by atoms with Gasteiger partial charge in [-0.25, -0.2) is 22.9 Å². The molecule has 1 fully saturated rings. The van der Waals surface area contributed by atoms with E-state index < -0.39 is 66.2 Å². The van der Waals surface area contributed by atoms with Crippen molar-refractivity contribution in [2.24, 2.45) is 0 Å². The maximum atomic E-state index is 14.1. The first-order chi connectivity index (χ1) is 13.1. The topological polar surface area (TPSA) is 224 Å². The van der Waals surface area contributed by atoms with E-state index in [9.17, 15) is 32.6 Å². The fourth-order valence-electron chi connectivity index (χ4n) is 2.28. The van der Waals surface area contributed by atoms with Gasteiger partial charge in [0.25, 0.3) is 5.56 Å². The second-order valence-corrected chi connectivity index (χ2v) is 10.2. The average molecular weight is 484 g/mol. The average Bonchev–Trinajstić information content (AvgIpc) is 2.86. The molecular formula is C10H16FN2O13P3. The minimum atomic E-state index is -5.70. The van der Waals surface area contributed by atoms with Crippen LogP contribution in [0.2, 0.25) is 0 Å². The number of hydrogen-bond acceptors (Lipinski definition) is 9. The number of ether oxygens (including phenoxy) is 1. The Morgan fingerprint density at radius 3 is 2.41 bits per heavy atom. The molecule has 0 aliphatic carbocycles. The smallest absolute Gasteiger partial charge is 0.349 e. The Morgan fingerprint density at radius 2 is 1.83 bits per heavy atom. The first-order valence-corrected chi connectivity index (χ1v) is 12.0. The predicted octanol–water partition coefficient (Wildman–Crippen LogP) is -0.186. The molecule has 15 nitrogen and oxygen atoms in total. The first-order valence-electron chi connectivity index (χ1n) is 7.48. The van der Waals surface area contributed by atoms with Crippen LogP contribution in [0.5, 0.6) is 0 Å². The van der Waals surface area contributed by atoms with Crippen LogP contribution in [0.25, 0.3) is 0 Å². The number of hydrogen-bond donors (Lipinski definition) is 5. The van der Waals surface area contributed by atoms with Crippen molar-refractivity contribution >= 4 is 23.5 Å². The Morgan fingerprint density at radius 1 is 1.21 bits per heavy atom. The molecule has 1 saturated heterocycles. The van der Waals surface area contributed by atoms with E-state index in [0.717, 1.165) is 10.8 Å². The molecule has 0 aromatic carbocycles. The molecule has 0 spiro atoms. The summed E-state index contributed by atoms with van der Waals surface area (Å²) >= 11 is 0. The van der Waals surface area contributed by atoms with Crippen LogP contribution in [0.4, 0.5) is 4.39 Å². The first kappa shape index (κ1) is 24.3. The van der Waals surface area contributed by atoms with Crippen molar-refractivity contribution in [1.82, 2.24) is 9.55 Å². The molecule has 2 heterocycles. The molecule has 19 heteroatoms. The molecule has 0 amide bonds. The molecule has 0 bridgehead atoms. The number of phosphoric ester groups is 1. The van der Waals surface area contributed by atoms with Crippen molar-refractivity contribution in [3.8, 4) is 0 Å². The van der Waals surface area contributed by atoms with E-state index in [-0.39, 0.29) is 5.56 Å². The summed E-state index contributed by atoms with van der Waals surface area (Å²) < 4.78 is 65.0. The fraction of sp³-hybridized carbons (Fsp3) is 0.600. The van der Waals surface area contributed by atoms with Gasteiger partial charge in [-0.2, -0.15) is 8.62 Å². The zero-order valence-electron chi connectivity index (χ0n) is 14.4. The van der Waals surface area contributed by atoms with Gasteiger partial charge in [0.2, 0.25) is 0 Å². The molecule has 1 aromatic rings. The fourth-order valence-corrected chi connectivity index (χ4v) is 5.31. The van der Waals surface area contributed by atoms with Crippen LogP contribution < -0.4 is 11.2 Å². The summed E-state index contributed by atoms with van der Waals surface area (Å²) in [5, 5.41) is 0. The van der Waals surface area contributed by atoms with Gasteiger partial charge >= 0.3 is 29.2 Å².